The van der Waals surface area contributed by atoms with Crippen molar-refractivity contribution in [2.24, 2.45) is 0 Å². The second-order valence-corrected chi connectivity index (χ2v) is 9.12. The van der Waals surface area contributed by atoms with Crippen LogP contribution in [0.5, 0.6) is 0 Å². The van der Waals surface area contributed by atoms with Crippen molar-refractivity contribution in [3.05, 3.63) is 68.7 Å². The molecule has 1 saturated heterocycles. The first-order chi connectivity index (χ1) is 13.2. The molecule has 0 unspecified atom stereocenters. The minimum Gasteiger partial charge on any atom is -0.299 e. The summed E-state index contributed by atoms with van der Waals surface area (Å²) in [5.41, 5.74) is 1.41. The molecule has 0 radical (unpaired) electrons. The summed E-state index contributed by atoms with van der Waals surface area (Å²) >= 11 is 5.91. The van der Waals surface area contributed by atoms with Crippen LogP contribution >= 0.6 is 11.6 Å². The Morgan fingerprint density at radius 1 is 1.18 bits per heavy atom. The third kappa shape index (κ3) is 5.08. The number of sulfonamides is 1. The molecule has 3 rings (SSSR count). The summed E-state index contributed by atoms with van der Waals surface area (Å²) < 4.78 is 28.2. The zero-order valence-electron chi connectivity index (χ0n) is 15.5. The van der Waals surface area contributed by atoms with Gasteiger partial charge in [-0.15, -0.1) is 0 Å². The largest absolute Gasteiger partial charge is 0.299 e. The van der Waals surface area contributed by atoms with Gasteiger partial charge in [0.1, 0.15) is 0 Å². The quantitative estimate of drug-likeness (QED) is 0.567. The molecule has 0 aromatic heterocycles. The first-order valence-electron chi connectivity index (χ1n) is 8.99. The van der Waals surface area contributed by atoms with E-state index in [9.17, 15) is 18.5 Å². The second-order valence-electron chi connectivity index (χ2n) is 7.01. The van der Waals surface area contributed by atoms with Crippen LogP contribution in [-0.2, 0) is 16.6 Å². The molecule has 1 aliphatic rings. The van der Waals surface area contributed by atoms with Gasteiger partial charge in [0.25, 0.3) is 5.69 Å². The molecule has 28 heavy (non-hydrogen) atoms. The number of benzene rings is 2. The summed E-state index contributed by atoms with van der Waals surface area (Å²) in [6.07, 6.45) is 1.36. The van der Waals surface area contributed by atoms with Crippen LogP contribution in [0.15, 0.2) is 47.4 Å². The molecule has 9 heteroatoms. The average molecular weight is 424 g/mol. The zero-order chi connectivity index (χ0) is 20.3. The van der Waals surface area contributed by atoms with Gasteiger partial charge in [0.15, 0.2) is 0 Å². The van der Waals surface area contributed by atoms with Gasteiger partial charge in [-0.25, -0.2) is 13.1 Å². The van der Waals surface area contributed by atoms with Crippen LogP contribution in [0.1, 0.15) is 24.0 Å². The predicted molar refractivity (Wildman–Crippen MR) is 108 cm³/mol. The molecular formula is C19H22ClN3O4S. The predicted octanol–water partition coefficient (Wildman–Crippen LogP) is 3.50. The van der Waals surface area contributed by atoms with Gasteiger partial charge in [-0.05, 0) is 43.0 Å². The molecular weight excluding hydrogens is 402 g/mol. The van der Waals surface area contributed by atoms with Crippen molar-refractivity contribution in [2.45, 2.75) is 37.2 Å². The molecule has 0 bridgehead atoms. The lowest BCUT2D eigenvalue weighted by molar-refractivity contribution is -0.385. The van der Waals surface area contributed by atoms with Crippen molar-refractivity contribution in [3.8, 4) is 0 Å². The molecule has 0 spiro atoms. The molecule has 0 saturated carbocycles. The minimum absolute atomic E-state index is 0.0368. The normalized spacial score (nSPS) is 16.2. The van der Waals surface area contributed by atoms with Crippen LogP contribution in [0.2, 0.25) is 5.02 Å². The maximum absolute atomic E-state index is 12.7. The third-order valence-corrected chi connectivity index (χ3v) is 6.82. The van der Waals surface area contributed by atoms with E-state index in [0.29, 0.717) is 23.4 Å². The Hall–Kier alpha value is -2.00. The van der Waals surface area contributed by atoms with E-state index < -0.39 is 14.9 Å². The molecule has 150 valence electrons. The maximum atomic E-state index is 12.7. The second kappa shape index (κ2) is 8.57. The number of hydrogen-bond donors (Lipinski definition) is 1. The van der Waals surface area contributed by atoms with Crippen molar-refractivity contribution >= 4 is 27.3 Å². The van der Waals surface area contributed by atoms with E-state index in [0.717, 1.165) is 31.3 Å². The van der Waals surface area contributed by atoms with Gasteiger partial charge in [0.05, 0.1) is 9.82 Å². The number of nitro benzene ring substituents is 1. The van der Waals surface area contributed by atoms with E-state index in [1.807, 2.05) is 24.3 Å². The molecule has 1 aliphatic heterocycles. The van der Waals surface area contributed by atoms with Crippen LogP contribution in [0.25, 0.3) is 0 Å². The number of likely N-dealkylation sites (tertiary alicyclic amines) is 1. The number of rotatable bonds is 6. The van der Waals surface area contributed by atoms with Gasteiger partial charge in [-0.2, -0.15) is 0 Å². The molecule has 0 atom stereocenters. The summed E-state index contributed by atoms with van der Waals surface area (Å²) in [7, 11) is -3.82. The smallest absolute Gasteiger partial charge is 0.270 e. The fraction of sp³-hybridized carbons (Fsp3) is 0.368. The standard InChI is InChI=1S/C19H22ClN3O4S/c1-14-2-7-18(23(24)25)12-19(14)28(26,27)21-17-8-10-22(11-9-17)13-15-3-5-16(20)6-4-15/h2-7,12,17,21H,8-11,13H2,1H3. The molecule has 2 aromatic carbocycles. The molecule has 0 amide bonds. The van der Waals surface area contributed by atoms with Crippen molar-refractivity contribution in [3.63, 3.8) is 0 Å². The topological polar surface area (TPSA) is 92.5 Å². The van der Waals surface area contributed by atoms with Crippen LogP contribution in [-0.4, -0.2) is 37.4 Å². The first kappa shape index (κ1) is 20.7. The van der Waals surface area contributed by atoms with E-state index in [1.165, 1.54) is 12.1 Å². The molecule has 7 nitrogen and oxygen atoms in total. The van der Waals surface area contributed by atoms with E-state index >= 15 is 0 Å². The van der Waals surface area contributed by atoms with Gasteiger partial charge in [0.2, 0.25) is 10.0 Å². The minimum atomic E-state index is -3.82. The van der Waals surface area contributed by atoms with E-state index in [2.05, 4.69) is 9.62 Å². The highest BCUT2D eigenvalue weighted by Crippen LogP contribution is 2.23. The third-order valence-electron chi connectivity index (χ3n) is 4.90. The van der Waals surface area contributed by atoms with E-state index in [-0.39, 0.29) is 16.6 Å². The maximum Gasteiger partial charge on any atom is 0.270 e. The highest BCUT2D eigenvalue weighted by atomic mass is 35.5. The number of nitrogens with one attached hydrogen (secondary N) is 1. The lowest BCUT2D eigenvalue weighted by atomic mass is 10.1. The highest BCUT2D eigenvalue weighted by molar-refractivity contribution is 7.89. The molecule has 1 N–H and O–H groups in total. The number of nitrogens with zero attached hydrogens (tertiary/aromatic N) is 2. The van der Waals surface area contributed by atoms with Crippen molar-refractivity contribution in [1.29, 1.82) is 0 Å². The Morgan fingerprint density at radius 2 is 1.82 bits per heavy atom. The summed E-state index contributed by atoms with van der Waals surface area (Å²) in [5, 5.41) is 11.7. The Balaban J connectivity index is 1.61. The first-order valence-corrected chi connectivity index (χ1v) is 10.8. The van der Waals surface area contributed by atoms with Crippen LogP contribution in [0, 0.1) is 17.0 Å². The lowest BCUT2D eigenvalue weighted by Crippen LogP contribution is -2.44. The number of halogens is 1. The van der Waals surface area contributed by atoms with E-state index in [4.69, 9.17) is 11.6 Å². The Bertz CT molecular complexity index is 956. The number of hydrogen-bond acceptors (Lipinski definition) is 5. The molecule has 1 fully saturated rings. The lowest BCUT2D eigenvalue weighted by Gasteiger charge is -2.32. The van der Waals surface area contributed by atoms with Crippen LogP contribution in [0.4, 0.5) is 5.69 Å². The number of piperidine rings is 1. The number of non-ortho nitro benzene ring substituents is 1. The fourth-order valence-electron chi connectivity index (χ4n) is 3.33. The molecule has 2 aromatic rings. The molecule has 1 heterocycles. The fourth-order valence-corrected chi connectivity index (χ4v) is 5.03. The van der Waals surface area contributed by atoms with Gasteiger partial charge >= 0.3 is 0 Å². The summed E-state index contributed by atoms with van der Waals surface area (Å²) in [5.74, 6) is 0. The van der Waals surface area contributed by atoms with Gasteiger partial charge in [0, 0.05) is 42.8 Å². The Kier molecular flexibility index (Phi) is 6.34. The number of nitro groups is 1. The highest BCUT2D eigenvalue weighted by Gasteiger charge is 2.27. The summed E-state index contributed by atoms with van der Waals surface area (Å²) in [6, 6.07) is 11.4. The van der Waals surface area contributed by atoms with Gasteiger partial charge < -0.3 is 0 Å². The number of aryl methyl sites for hydroxylation is 1. The monoisotopic (exact) mass is 423 g/mol. The zero-order valence-corrected chi connectivity index (χ0v) is 17.0. The van der Waals surface area contributed by atoms with Crippen LogP contribution in [0.3, 0.4) is 0 Å². The van der Waals surface area contributed by atoms with Crippen molar-refractivity contribution in [1.82, 2.24) is 9.62 Å². The Labute approximate surface area is 169 Å². The van der Waals surface area contributed by atoms with Crippen molar-refractivity contribution < 1.29 is 13.3 Å². The Morgan fingerprint density at radius 3 is 2.43 bits per heavy atom. The van der Waals surface area contributed by atoms with Crippen LogP contribution < -0.4 is 4.72 Å². The summed E-state index contributed by atoms with van der Waals surface area (Å²) in [4.78, 5) is 12.6. The van der Waals surface area contributed by atoms with Crippen molar-refractivity contribution in [2.75, 3.05) is 13.1 Å². The van der Waals surface area contributed by atoms with Gasteiger partial charge in [-0.3, -0.25) is 15.0 Å². The summed E-state index contributed by atoms with van der Waals surface area (Å²) in [6.45, 7) is 3.96. The van der Waals surface area contributed by atoms with E-state index in [1.54, 1.807) is 6.92 Å². The molecule has 0 aliphatic carbocycles. The average Bonchev–Trinajstić information content (AvgIpc) is 2.65. The SMILES string of the molecule is Cc1ccc([N+](=O)[O-])cc1S(=O)(=O)NC1CCN(Cc2ccc(Cl)cc2)CC1. The van der Waals surface area contributed by atoms with Gasteiger partial charge in [-0.1, -0.05) is 29.8 Å².